The summed E-state index contributed by atoms with van der Waals surface area (Å²) in [5.41, 5.74) is 1.50. The maximum Gasteiger partial charge on any atom is 0.349 e. The van der Waals surface area contributed by atoms with E-state index in [0.29, 0.717) is 28.3 Å². The molecule has 0 heterocycles. The number of carboxylic acids is 1. The van der Waals surface area contributed by atoms with Crippen LogP contribution < -0.4 is 14.8 Å². The Labute approximate surface area is 162 Å². The molecule has 28 heavy (non-hydrogen) atoms. The normalized spacial score (nSPS) is 11.3. The van der Waals surface area contributed by atoms with Gasteiger partial charge in [-0.05, 0) is 36.4 Å². The van der Waals surface area contributed by atoms with Crippen molar-refractivity contribution >= 4 is 17.6 Å². The van der Waals surface area contributed by atoms with E-state index >= 15 is 0 Å². The highest BCUT2D eigenvalue weighted by molar-refractivity contribution is 6.05. The molecule has 3 aromatic carbocycles. The lowest BCUT2D eigenvalue weighted by Crippen LogP contribution is -2.18. The summed E-state index contributed by atoms with van der Waals surface area (Å²) in [5.74, 6) is -0.494. The second-order valence-electron chi connectivity index (χ2n) is 5.93. The summed E-state index contributed by atoms with van der Waals surface area (Å²) in [6, 6.07) is 22.1. The fourth-order valence-corrected chi connectivity index (χ4v) is 2.65. The van der Waals surface area contributed by atoms with Gasteiger partial charge in [-0.1, -0.05) is 42.5 Å². The molecule has 1 amide bonds. The zero-order valence-electron chi connectivity index (χ0n) is 15.2. The van der Waals surface area contributed by atoms with Crippen LogP contribution in [-0.2, 0) is 4.79 Å². The fourth-order valence-electron chi connectivity index (χ4n) is 2.65. The molecule has 3 rings (SSSR count). The number of aliphatic carboxylic acids is 1. The van der Waals surface area contributed by atoms with E-state index < -0.39 is 12.1 Å². The van der Waals surface area contributed by atoms with Gasteiger partial charge in [-0.15, -0.1) is 0 Å². The van der Waals surface area contributed by atoms with E-state index in [0.717, 1.165) is 0 Å². The van der Waals surface area contributed by atoms with Gasteiger partial charge in [0.25, 0.3) is 5.91 Å². The van der Waals surface area contributed by atoms with E-state index in [2.05, 4.69) is 5.32 Å². The van der Waals surface area contributed by atoms with Gasteiger partial charge in [0.05, 0.1) is 12.8 Å². The first-order valence-corrected chi connectivity index (χ1v) is 8.57. The predicted molar refractivity (Wildman–Crippen MR) is 105 cm³/mol. The molecule has 6 nitrogen and oxygen atoms in total. The van der Waals surface area contributed by atoms with Gasteiger partial charge in [0.2, 0.25) is 6.10 Å². The molecule has 0 radical (unpaired) electrons. The number of nitrogens with one attached hydrogen (secondary N) is 1. The van der Waals surface area contributed by atoms with Crippen molar-refractivity contribution in [3.05, 3.63) is 90.0 Å². The van der Waals surface area contributed by atoms with Crippen molar-refractivity contribution < 1.29 is 24.2 Å². The summed E-state index contributed by atoms with van der Waals surface area (Å²) in [5, 5.41) is 12.2. The minimum Gasteiger partial charge on any atom is -0.495 e. The van der Waals surface area contributed by atoms with Crippen molar-refractivity contribution in [3.8, 4) is 11.5 Å². The summed E-state index contributed by atoms with van der Waals surface area (Å²) in [4.78, 5) is 24.0. The van der Waals surface area contributed by atoms with Crippen LogP contribution in [-0.4, -0.2) is 24.1 Å². The fraction of sp³-hybridized carbons (Fsp3) is 0.0909. The summed E-state index contributed by atoms with van der Waals surface area (Å²) < 4.78 is 10.8. The molecule has 142 valence electrons. The highest BCUT2D eigenvalue weighted by atomic mass is 16.5. The average molecular weight is 377 g/mol. The first kappa shape index (κ1) is 19.0. The van der Waals surface area contributed by atoms with Gasteiger partial charge in [0.1, 0.15) is 11.5 Å². The van der Waals surface area contributed by atoms with Crippen molar-refractivity contribution in [3.63, 3.8) is 0 Å². The highest BCUT2D eigenvalue weighted by Crippen LogP contribution is 2.25. The molecular weight excluding hydrogens is 358 g/mol. The molecule has 1 unspecified atom stereocenters. The number of rotatable bonds is 7. The van der Waals surface area contributed by atoms with Gasteiger partial charge in [-0.3, -0.25) is 4.79 Å². The van der Waals surface area contributed by atoms with E-state index in [1.165, 1.54) is 7.11 Å². The Morgan fingerprint density at radius 3 is 2.18 bits per heavy atom. The number of anilines is 1. The smallest absolute Gasteiger partial charge is 0.349 e. The zero-order valence-corrected chi connectivity index (χ0v) is 15.2. The number of ether oxygens (including phenoxy) is 2. The summed E-state index contributed by atoms with van der Waals surface area (Å²) in [7, 11) is 1.53. The van der Waals surface area contributed by atoms with Crippen LogP contribution in [0.3, 0.4) is 0 Å². The molecule has 0 saturated carbocycles. The minimum atomic E-state index is -1.13. The summed E-state index contributed by atoms with van der Waals surface area (Å²) >= 11 is 0. The molecule has 0 spiro atoms. The van der Waals surface area contributed by atoms with Gasteiger partial charge in [0.15, 0.2) is 0 Å². The van der Waals surface area contributed by atoms with Gasteiger partial charge < -0.3 is 19.9 Å². The van der Waals surface area contributed by atoms with Crippen LogP contribution in [0.15, 0.2) is 78.9 Å². The third-order valence-electron chi connectivity index (χ3n) is 4.05. The molecule has 6 heteroatoms. The Bertz CT molecular complexity index is 954. The first-order valence-electron chi connectivity index (χ1n) is 8.57. The molecule has 0 bridgehead atoms. The van der Waals surface area contributed by atoms with E-state index in [4.69, 9.17) is 9.47 Å². The Hall–Kier alpha value is -3.80. The van der Waals surface area contributed by atoms with Gasteiger partial charge in [-0.2, -0.15) is 0 Å². The maximum absolute atomic E-state index is 12.4. The number of benzene rings is 3. The monoisotopic (exact) mass is 377 g/mol. The summed E-state index contributed by atoms with van der Waals surface area (Å²) in [6.45, 7) is 0. The lowest BCUT2D eigenvalue weighted by atomic mass is 10.1. The predicted octanol–water partition coefficient (Wildman–Crippen LogP) is 4.15. The summed E-state index contributed by atoms with van der Waals surface area (Å²) in [6.07, 6.45) is -1.13. The first-order chi connectivity index (χ1) is 13.6. The Balaban J connectivity index is 1.72. The lowest BCUT2D eigenvalue weighted by molar-refractivity contribution is -0.145. The Morgan fingerprint density at radius 1 is 0.893 bits per heavy atom. The Kier molecular flexibility index (Phi) is 5.91. The molecular formula is C22H19NO5. The van der Waals surface area contributed by atoms with E-state index in [9.17, 15) is 14.7 Å². The standard InChI is InChI=1S/C22H19NO5/c1-27-19-10-6-5-9-18(19)23-21(24)16-11-13-17(14-12-16)28-20(22(25)26)15-7-3-2-4-8-15/h2-14,20H,1H3,(H,23,24)(H,25,26). The number of methoxy groups -OCH3 is 1. The number of para-hydroxylation sites is 2. The molecule has 0 aromatic heterocycles. The second kappa shape index (κ2) is 8.73. The average Bonchev–Trinajstić information content (AvgIpc) is 2.73. The van der Waals surface area contributed by atoms with Crippen molar-refractivity contribution in [1.29, 1.82) is 0 Å². The van der Waals surface area contributed by atoms with E-state index in [1.807, 2.05) is 6.07 Å². The van der Waals surface area contributed by atoms with Crippen molar-refractivity contribution in [2.45, 2.75) is 6.10 Å². The topological polar surface area (TPSA) is 84.9 Å². The molecule has 1 atom stereocenters. The van der Waals surface area contributed by atoms with Crippen LogP contribution in [0, 0.1) is 0 Å². The number of amides is 1. The minimum absolute atomic E-state index is 0.311. The molecule has 0 saturated heterocycles. The van der Waals surface area contributed by atoms with Crippen molar-refractivity contribution in [2.24, 2.45) is 0 Å². The Morgan fingerprint density at radius 2 is 1.54 bits per heavy atom. The molecule has 3 aromatic rings. The van der Waals surface area contributed by atoms with Gasteiger partial charge in [-0.25, -0.2) is 4.79 Å². The molecule has 0 aliphatic carbocycles. The lowest BCUT2D eigenvalue weighted by Gasteiger charge is -2.16. The third-order valence-corrected chi connectivity index (χ3v) is 4.05. The highest BCUT2D eigenvalue weighted by Gasteiger charge is 2.21. The number of carbonyl (C=O) groups is 2. The molecule has 2 N–H and O–H groups in total. The van der Waals surface area contributed by atoms with Crippen LogP contribution >= 0.6 is 0 Å². The molecule has 0 aliphatic rings. The number of hydrogen-bond donors (Lipinski definition) is 2. The van der Waals surface area contributed by atoms with Crippen LogP contribution in [0.25, 0.3) is 0 Å². The number of hydrogen-bond acceptors (Lipinski definition) is 4. The van der Waals surface area contributed by atoms with E-state index in [-0.39, 0.29) is 5.91 Å². The number of carboxylic acid groups (broad SMARTS) is 1. The second-order valence-corrected chi connectivity index (χ2v) is 5.93. The zero-order chi connectivity index (χ0) is 19.9. The maximum atomic E-state index is 12.4. The SMILES string of the molecule is COc1ccccc1NC(=O)c1ccc(OC(C(=O)O)c2ccccc2)cc1. The van der Waals surface area contributed by atoms with E-state index in [1.54, 1.807) is 72.8 Å². The van der Waals surface area contributed by atoms with Crippen molar-refractivity contribution in [1.82, 2.24) is 0 Å². The quantitative estimate of drug-likeness (QED) is 0.646. The largest absolute Gasteiger partial charge is 0.495 e. The van der Waals surface area contributed by atoms with Crippen LogP contribution in [0.4, 0.5) is 5.69 Å². The van der Waals surface area contributed by atoms with Gasteiger partial charge >= 0.3 is 5.97 Å². The van der Waals surface area contributed by atoms with Gasteiger partial charge in [0, 0.05) is 11.1 Å². The molecule has 0 fully saturated rings. The van der Waals surface area contributed by atoms with Crippen molar-refractivity contribution in [2.75, 3.05) is 12.4 Å². The third kappa shape index (κ3) is 4.48. The van der Waals surface area contributed by atoms with Crippen LogP contribution in [0.2, 0.25) is 0 Å². The van der Waals surface area contributed by atoms with Crippen LogP contribution in [0.5, 0.6) is 11.5 Å². The van der Waals surface area contributed by atoms with Crippen LogP contribution in [0.1, 0.15) is 22.0 Å². The number of carbonyl (C=O) groups excluding carboxylic acids is 1. The molecule has 0 aliphatic heterocycles.